The molecule has 0 radical (unpaired) electrons. The van der Waals surface area contributed by atoms with Crippen molar-refractivity contribution >= 4 is 55.2 Å². The zero-order chi connectivity index (χ0) is 28.6. The lowest BCUT2D eigenvalue weighted by Gasteiger charge is -2.22. The van der Waals surface area contributed by atoms with Crippen LogP contribution >= 0.6 is 43.2 Å². The van der Waals surface area contributed by atoms with Crippen LogP contribution in [0.2, 0.25) is 0 Å². The number of thiazole rings is 1. The van der Waals surface area contributed by atoms with Crippen LogP contribution in [-0.2, 0) is 9.53 Å². The molecule has 3 heterocycles. The normalized spacial score (nSPS) is 15.1. The lowest BCUT2D eigenvalue weighted by molar-refractivity contribution is -0.139. The maximum atomic E-state index is 13.9. The molecule has 5 rings (SSSR count). The molecule has 1 aliphatic heterocycles. The third kappa shape index (κ3) is 5.21. The van der Waals surface area contributed by atoms with Gasteiger partial charge in [0.2, 0.25) is 0 Å². The molecule has 206 valence electrons. The average Bonchev–Trinajstić information content (AvgIpc) is 3.53. The van der Waals surface area contributed by atoms with E-state index in [4.69, 9.17) is 18.6 Å². The first-order chi connectivity index (χ1) is 19.2. The summed E-state index contributed by atoms with van der Waals surface area (Å²) in [6, 6.07) is 14.0. The minimum atomic E-state index is -0.855. The number of carbonyl (C=O) groups is 1. The van der Waals surface area contributed by atoms with Gasteiger partial charge in [-0.1, -0.05) is 39.4 Å². The van der Waals surface area contributed by atoms with E-state index in [1.165, 1.54) is 15.9 Å². The number of halogens is 2. The van der Waals surface area contributed by atoms with Gasteiger partial charge in [0.25, 0.3) is 5.56 Å². The molecule has 11 heteroatoms. The number of allylic oxidation sites excluding steroid dienone is 1. The van der Waals surface area contributed by atoms with Gasteiger partial charge in [0.15, 0.2) is 4.80 Å². The number of fused-ring (bicyclic) bond motifs is 1. The number of benzene rings is 2. The second-order valence-corrected chi connectivity index (χ2v) is 11.5. The minimum Gasteiger partial charge on any atom is -0.496 e. The summed E-state index contributed by atoms with van der Waals surface area (Å²) in [6.07, 6.45) is 1.74. The highest BCUT2D eigenvalue weighted by Gasteiger charge is 2.35. The lowest BCUT2D eigenvalue weighted by Crippen LogP contribution is -2.39. The number of rotatable bonds is 7. The molecule has 0 spiro atoms. The van der Waals surface area contributed by atoms with E-state index in [-0.39, 0.29) is 17.7 Å². The number of nitrogens with zero attached hydrogens (tertiary/aromatic N) is 2. The monoisotopic (exact) mass is 686 g/mol. The third-order valence-electron chi connectivity index (χ3n) is 6.33. The van der Waals surface area contributed by atoms with Gasteiger partial charge in [-0.05, 0) is 66.2 Å². The molecule has 1 atom stereocenters. The van der Waals surface area contributed by atoms with Crippen LogP contribution < -0.4 is 24.4 Å². The summed E-state index contributed by atoms with van der Waals surface area (Å²) in [5, 5.41) is 0. The van der Waals surface area contributed by atoms with Gasteiger partial charge in [-0.15, -0.1) is 0 Å². The molecule has 40 heavy (non-hydrogen) atoms. The third-order valence-corrected chi connectivity index (χ3v) is 8.46. The molecule has 0 unspecified atom stereocenters. The van der Waals surface area contributed by atoms with E-state index in [1.54, 1.807) is 46.3 Å². The van der Waals surface area contributed by atoms with Crippen LogP contribution in [0.25, 0.3) is 17.4 Å². The first-order valence-electron chi connectivity index (χ1n) is 12.2. The Balaban J connectivity index is 1.70. The Hall–Kier alpha value is -3.41. The molecular formula is C29H24Br2N2O6S. The standard InChI is InChI=1S/C29H24Br2N2O6S/c1-5-38-28(35)25-15(2)32-29-33(26(25)21-11-10-20(39-21)16-6-8-18(30)9-7-16)27(34)24(40-29)13-17-12-19(31)23(37-4)14-22(17)36-3/h6-14,26H,5H2,1-4H3/b24-13-/t26-/m0/s1. The topological polar surface area (TPSA) is 92.3 Å². The maximum Gasteiger partial charge on any atom is 0.338 e. The number of carbonyl (C=O) groups excluding carboxylic acids is 1. The van der Waals surface area contributed by atoms with Crippen molar-refractivity contribution in [2.24, 2.45) is 4.99 Å². The summed E-state index contributed by atoms with van der Waals surface area (Å²) >= 11 is 8.17. The van der Waals surface area contributed by atoms with Crippen LogP contribution in [0.15, 0.2) is 83.0 Å². The van der Waals surface area contributed by atoms with E-state index in [2.05, 4.69) is 36.9 Å². The Bertz CT molecular complexity index is 1820. The van der Waals surface area contributed by atoms with Crippen molar-refractivity contribution in [1.82, 2.24) is 4.57 Å². The van der Waals surface area contributed by atoms with Gasteiger partial charge >= 0.3 is 5.97 Å². The first-order valence-corrected chi connectivity index (χ1v) is 14.6. The van der Waals surface area contributed by atoms with Crippen LogP contribution in [0.4, 0.5) is 0 Å². The van der Waals surface area contributed by atoms with Crippen molar-refractivity contribution in [1.29, 1.82) is 0 Å². The number of furan rings is 1. The average molecular weight is 688 g/mol. The molecule has 0 N–H and O–H groups in total. The van der Waals surface area contributed by atoms with E-state index >= 15 is 0 Å². The number of ether oxygens (including phenoxy) is 3. The Kier molecular flexibility index (Phi) is 8.16. The number of esters is 1. The SMILES string of the molecule is CCOC(=O)C1=C(C)N=c2s/c(=C\c3cc(Br)c(OC)cc3OC)c(=O)n2[C@H]1c1ccc(-c2ccc(Br)cc2)o1. The summed E-state index contributed by atoms with van der Waals surface area (Å²) in [4.78, 5) is 32.2. The van der Waals surface area contributed by atoms with E-state index in [0.29, 0.717) is 48.1 Å². The molecular weight excluding hydrogens is 664 g/mol. The van der Waals surface area contributed by atoms with Gasteiger partial charge < -0.3 is 18.6 Å². The van der Waals surface area contributed by atoms with Crippen molar-refractivity contribution in [3.63, 3.8) is 0 Å². The molecule has 0 amide bonds. The van der Waals surface area contributed by atoms with Gasteiger partial charge in [-0.2, -0.15) is 0 Å². The smallest absolute Gasteiger partial charge is 0.338 e. The molecule has 0 bridgehead atoms. The van der Waals surface area contributed by atoms with Crippen molar-refractivity contribution in [3.8, 4) is 22.8 Å². The van der Waals surface area contributed by atoms with Gasteiger partial charge in [0.1, 0.15) is 29.1 Å². The summed E-state index contributed by atoms with van der Waals surface area (Å²) in [5.74, 6) is 1.62. The van der Waals surface area contributed by atoms with Crippen LogP contribution in [0.3, 0.4) is 0 Å². The fourth-order valence-corrected chi connectivity index (χ4v) is 6.29. The number of hydrogen-bond donors (Lipinski definition) is 0. The highest BCUT2D eigenvalue weighted by Crippen LogP contribution is 2.35. The molecule has 2 aromatic carbocycles. The molecule has 0 saturated heterocycles. The van der Waals surface area contributed by atoms with Crippen LogP contribution in [0.1, 0.15) is 31.2 Å². The summed E-state index contributed by atoms with van der Waals surface area (Å²) in [7, 11) is 3.12. The molecule has 8 nitrogen and oxygen atoms in total. The second kappa shape index (κ2) is 11.6. The summed E-state index contributed by atoms with van der Waals surface area (Å²) < 4.78 is 26.1. The van der Waals surface area contributed by atoms with E-state index in [0.717, 1.165) is 10.0 Å². The molecule has 1 aliphatic rings. The van der Waals surface area contributed by atoms with Crippen molar-refractivity contribution < 1.29 is 23.4 Å². The quantitative estimate of drug-likeness (QED) is 0.235. The Labute approximate surface area is 250 Å². The number of methoxy groups -OCH3 is 2. The zero-order valence-electron chi connectivity index (χ0n) is 22.0. The Morgan fingerprint density at radius 3 is 2.50 bits per heavy atom. The van der Waals surface area contributed by atoms with E-state index < -0.39 is 12.0 Å². The van der Waals surface area contributed by atoms with Gasteiger partial charge in [0.05, 0.1) is 41.1 Å². The highest BCUT2D eigenvalue weighted by atomic mass is 79.9. The largest absolute Gasteiger partial charge is 0.496 e. The zero-order valence-corrected chi connectivity index (χ0v) is 26.0. The van der Waals surface area contributed by atoms with Crippen molar-refractivity contribution in [3.05, 3.63) is 99.8 Å². The fourth-order valence-electron chi connectivity index (χ4n) is 4.47. The molecule has 0 aliphatic carbocycles. The highest BCUT2D eigenvalue weighted by molar-refractivity contribution is 9.10. The summed E-state index contributed by atoms with van der Waals surface area (Å²) in [6.45, 7) is 3.65. The minimum absolute atomic E-state index is 0.182. The van der Waals surface area contributed by atoms with Gasteiger partial charge in [-0.3, -0.25) is 9.36 Å². The molecule has 0 saturated carbocycles. The predicted octanol–water partition coefficient (Wildman–Crippen LogP) is 5.60. The summed E-state index contributed by atoms with van der Waals surface area (Å²) in [5.41, 5.74) is 1.93. The first kappa shape index (κ1) is 28.1. The Morgan fingerprint density at radius 1 is 1.10 bits per heavy atom. The molecule has 2 aromatic heterocycles. The van der Waals surface area contributed by atoms with Crippen molar-refractivity contribution in [2.45, 2.75) is 19.9 Å². The van der Waals surface area contributed by atoms with Gasteiger partial charge in [0, 0.05) is 21.7 Å². The predicted molar refractivity (Wildman–Crippen MR) is 159 cm³/mol. The number of aromatic nitrogens is 1. The van der Waals surface area contributed by atoms with Crippen molar-refractivity contribution in [2.75, 3.05) is 20.8 Å². The van der Waals surface area contributed by atoms with Crippen LogP contribution in [0.5, 0.6) is 11.5 Å². The molecule has 4 aromatic rings. The van der Waals surface area contributed by atoms with E-state index in [1.807, 2.05) is 36.4 Å². The second-order valence-electron chi connectivity index (χ2n) is 8.74. The number of hydrogen-bond acceptors (Lipinski definition) is 8. The Morgan fingerprint density at radius 2 is 1.82 bits per heavy atom. The lowest BCUT2D eigenvalue weighted by atomic mass is 10.0. The van der Waals surface area contributed by atoms with E-state index in [9.17, 15) is 9.59 Å². The van der Waals surface area contributed by atoms with Crippen LogP contribution in [0, 0.1) is 0 Å². The maximum absolute atomic E-state index is 13.9. The fraction of sp³-hybridized carbons (Fsp3) is 0.207. The van der Waals surface area contributed by atoms with Crippen LogP contribution in [-0.4, -0.2) is 31.4 Å². The molecule has 0 fully saturated rings. The van der Waals surface area contributed by atoms with Gasteiger partial charge in [-0.25, -0.2) is 9.79 Å².